The van der Waals surface area contributed by atoms with Crippen molar-refractivity contribution in [3.05, 3.63) is 47.4 Å². The highest BCUT2D eigenvalue weighted by atomic mass is 16.1. The average molecular weight is 227 g/mol. The highest BCUT2D eigenvalue weighted by Crippen LogP contribution is 2.20. The predicted molar refractivity (Wildman–Crippen MR) is 65.5 cm³/mol. The Kier molecular flexibility index (Phi) is 2.87. The minimum atomic E-state index is -0.421. The van der Waals surface area contributed by atoms with Gasteiger partial charge in [-0.25, -0.2) is 9.97 Å². The second-order valence-corrected chi connectivity index (χ2v) is 3.88. The summed E-state index contributed by atoms with van der Waals surface area (Å²) >= 11 is 0. The number of carbonyl (C=O) groups is 1. The summed E-state index contributed by atoms with van der Waals surface area (Å²) in [4.78, 5) is 19.6. The van der Waals surface area contributed by atoms with Crippen molar-refractivity contribution in [1.29, 1.82) is 0 Å². The van der Waals surface area contributed by atoms with E-state index in [1.54, 1.807) is 12.3 Å². The van der Waals surface area contributed by atoms with Crippen molar-refractivity contribution in [3.8, 4) is 11.3 Å². The van der Waals surface area contributed by atoms with Crippen molar-refractivity contribution in [2.45, 2.75) is 13.8 Å². The Morgan fingerprint density at radius 2 is 2.00 bits per heavy atom. The number of nitrogens with two attached hydrogens (primary N) is 1. The first-order valence-corrected chi connectivity index (χ1v) is 5.28. The molecule has 4 nitrogen and oxygen atoms in total. The molecule has 2 N–H and O–H groups in total. The van der Waals surface area contributed by atoms with Gasteiger partial charge in [0.25, 0.3) is 0 Å². The number of carbonyl (C=O) groups excluding carboxylic acids is 1. The molecule has 1 amide bonds. The van der Waals surface area contributed by atoms with Gasteiger partial charge in [0, 0.05) is 17.3 Å². The van der Waals surface area contributed by atoms with E-state index in [4.69, 9.17) is 5.73 Å². The maximum atomic E-state index is 11.3. The fourth-order valence-corrected chi connectivity index (χ4v) is 1.66. The summed E-state index contributed by atoms with van der Waals surface area (Å²) < 4.78 is 0. The van der Waals surface area contributed by atoms with Gasteiger partial charge in [0.05, 0.1) is 5.69 Å². The largest absolute Gasteiger partial charge is 0.366 e. The van der Waals surface area contributed by atoms with Crippen LogP contribution in [0.1, 0.15) is 21.7 Å². The summed E-state index contributed by atoms with van der Waals surface area (Å²) in [6, 6.07) is 7.36. The number of primary amides is 1. The van der Waals surface area contributed by atoms with Crippen molar-refractivity contribution in [2.24, 2.45) is 5.73 Å². The maximum Gasteiger partial charge on any atom is 0.248 e. The first kappa shape index (κ1) is 11.3. The number of benzene rings is 1. The lowest BCUT2D eigenvalue weighted by Gasteiger charge is -2.06. The van der Waals surface area contributed by atoms with E-state index in [2.05, 4.69) is 9.97 Å². The summed E-state index contributed by atoms with van der Waals surface area (Å²) in [5, 5.41) is 0. The highest BCUT2D eigenvalue weighted by molar-refractivity contribution is 5.95. The third-order valence-corrected chi connectivity index (χ3v) is 2.57. The van der Waals surface area contributed by atoms with Gasteiger partial charge in [0.1, 0.15) is 5.82 Å². The Morgan fingerprint density at radius 3 is 2.65 bits per heavy atom. The van der Waals surface area contributed by atoms with Crippen LogP contribution in [0.15, 0.2) is 30.5 Å². The Labute approximate surface area is 99.5 Å². The van der Waals surface area contributed by atoms with Gasteiger partial charge in [0.2, 0.25) is 5.91 Å². The first-order valence-electron chi connectivity index (χ1n) is 5.28. The van der Waals surface area contributed by atoms with E-state index in [0.717, 1.165) is 16.8 Å². The highest BCUT2D eigenvalue weighted by Gasteiger charge is 2.08. The minimum absolute atomic E-state index is 0.421. The normalized spacial score (nSPS) is 10.2. The van der Waals surface area contributed by atoms with Gasteiger partial charge >= 0.3 is 0 Å². The molecule has 0 radical (unpaired) electrons. The van der Waals surface area contributed by atoms with E-state index in [9.17, 15) is 4.79 Å². The first-order chi connectivity index (χ1) is 8.08. The number of rotatable bonds is 2. The molecule has 2 rings (SSSR count). The van der Waals surface area contributed by atoms with E-state index in [1.807, 2.05) is 32.0 Å². The third-order valence-electron chi connectivity index (χ3n) is 2.57. The zero-order valence-electron chi connectivity index (χ0n) is 9.77. The van der Waals surface area contributed by atoms with Crippen molar-refractivity contribution in [2.75, 3.05) is 0 Å². The second-order valence-electron chi connectivity index (χ2n) is 3.88. The molecule has 1 aromatic heterocycles. The van der Waals surface area contributed by atoms with Crippen LogP contribution >= 0.6 is 0 Å². The van der Waals surface area contributed by atoms with Crippen LogP contribution < -0.4 is 5.73 Å². The van der Waals surface area contributed by atoms with Crippen LogP contribution in [-0.4, -0.2) is 15.9 Å². The van der Waals surface area contributed by atoms with Gasteiger partial charge in [-0.3, -0.25) is 4.79 Å². The molecule has 0 atom stereocenters. The summed E-state index contributed by atoms with van der Waals surface area (Å²) in [5.74, 6) is 0.277. The van der Waals surface area contributed by atoms with Gasteiger partial charge in [-0.15, -0.1) is 0 Å². The number of hydrogen-bond acceptors (Lipinski definition) is 3. The lowest BCUT2D eigenvalue weighted by atomic mass is 10.0. The van der Waals surface area contributed by atoms with E-state index in [-0.39, 0.29) is 0 Å². The van der Waals surface area contributed by atoms with Gasteiger partial charge in [-0.05, 0) is 31.5 Å². The molecule has 0 bridgehead atoms. The topological polar surface area (TPSA) is 68.9 Å². The lowest BCUT2D eigenvalue weighted by molar-refractivity contribution is 0.1000. The summed E-state index contributed by atoms with van der Waals surface area (Å²) in [5.41, 5.74) is 8.38. The summed E-state index contributed by atoms with van der Waals surface area (Å²) in [6.07, 6.45) is 1.70. The number of hydrogen-bond donors (Lipinski definition) is 1. The van der Waals surface area contributed by atoms with Crippen molar-refractivity contribution in [3.63, 3.8) is 0 Å². The molecular weight excluding hydrogens is 214 g/mol. The van der Waals surface area contributed by atoms with Crippen LogP contribution in [0.5, 0.6) is 0 Å². The Morgan fingerprint density at radius 1 is 1.24 bits per heavy atom. The van der Waals surface area contributed by atoms with E-state index < -0.39 is 5.91 Å². The fourth-order valence-electron chi connectivity index (χ4n) is 1.66. The van der Waals surface area contributed by atoms with Crippen LogP contribution in [0.3, 0.4) is 0 Å². The maximum absolute atomic E-state index is 11.3. The summed E-state index contributed by atoms with van der Waals surface area (Å²) in [6.45, 7) is 3.68. The van der Waals surface area contributed by atoms with Gasteiger partial charge in [-0.2, -0.15) is 0 Å². The van der Waals surface area contributed by atoms with Crippen LogP contribution in [0.25, 0.3) is 11.3 Å². The number of amides is 1. The van der Waals surface area contributed by atoms with Crippen LogP contribution in [0.2, 0.25) is 0 Å². The third kappa shape index (κ3) is 2.30. The Hall–Kier alpha value is -2.23. The number of aromatic nitrogens is 2. The summed E-state index contributed by atoms with van der Waals surface area (Å²) in [7, 11) is 0. The monoisotopic (exact) mass is 227 g/mol. The quantitative estimate of drug-likeness (QED) is 0.851. The molecule has 0 saturated carbocycles. The molecule has 0 aliphatic carbocycles. The van der Waals surface area contributed by atoms with Crippen molar-refractivity contribution in [1.82, 2.24) is 9.97 Å². The molecule has 17 heavy (non-hydrogen) atoms. The lowest BCUT2D eigenvalue weighted by Crippen LogP contribution is -2.12. The Bertz CT molecular complexity index is 579. The van der Waals surface area contributed by atoms with Crippen LogP contribution in [-0.2, 0) is 0 Å². The molecule has 0 fully saturated rings. The molecule has 1 heterocycles. The van der Waals surface area contributed by atoms with Gasteiger partial charge in [-0.1, -0.05) is 12.1 Å². The molecule has 4 heteroatoms. The molecule has 0 aliphatic heterocycles. The van der Waals surface area contributed by atoms with Crippen molar-refractivity contribution >= 4 is 5.91 Å². The molecule has 86 valence electrons. The molecule has 0 saturated heterocycles. The zero-order chi connectivity index (χ0) is 12.4. The zero-order valence-corrected chi connectivity index (χ0v) is 9.77. The smallest absolute Gasteiger partial charge is 0.248 e. The van der Waals surface area contributed by atoms with E-state index in [0.29, 0.717) is 11.4 Å². The fraction of sp³-hybridized carbons (Fsp3) is 0.154. The van der Waals surface area contributed by atoms with Gasteiger partial charge in [0.15, 0.2) is 0 Å². The molecule has 0 aliphatic rings. The SMILES string of the molecule is Cc1nccc(-c2ccc(C)c(C(N)=O)c2)n1. The standard InChI is InChI=1S/C13H13N3O/c1-8-3-4-10(7-11(8)13(14)17)12-5-6-15-9(2)16-12/h3-7H,1-2H3,(H2,14,17). The van der Waals surface area contributed by atoms with Crippen molar-refractivity contribution < 1.29 is 4.79 Å². The van der Waals surface area contributed by atoms with Crippen LogP contribution in [0, 0.1) is 13.8 Å². The van der Waals surface area contributed by atoms with E-state index in [1.165, 1.54) is 0 Å². The number of nitrogens with zero attached hydrogens (tertiary/aromatic N) is 2. The second kappa shape index (κ2) is 4.33. The number of aryl methyl sites for hydroxylation is 2. The van der Waals surface area contributed by atoms with Crippen LogP contribution in [0.4, 0.5) is 0 Å². The molecule has 0 unspecified atom stereocenters. The molecule has 0 spiro atoms. The van der Waals surface area contributed by atoms with E-state index >= 15 is 0 Å². The average Bonchev–Trinajstić information content (AvgIpc) is 2.29. The minimum Gasteiger partial charge on any atom is -0.366 e. The molecular formula is C13H13N3O. The predicted octanol–water partition coefficient (Wildman–Crippen LogP) is 1.86. The van der Waals surface area contributed by atoms with Gasteiger partial charge < -0.3 is 5.73 Å². The molecule has 2 aromatic rings. The Balaban J connectivity index is 2.54. The molecule has 1 aromatic carbocycles.